The van der Waals surface area contributed by atoms with Gasteiger partial charge in [-0.2, -0.15) is 17.5 Å². The van der Waals surface area contributed by atoms with Gasteiger partial charge in [0.2, 0.25) is 10.0 Å². The van der Waals surface area contributed by atoms with Gasteiger partial charge in [-0.1, -0.05) is 29.8 Å². The summed E-state index contributed by atoms with van der Waals surface area (Å²) in [6.07, 6.45) is -5.39. The fourth-order valence-electron chi connectivity index (χ4n) is 4.78. The number of sulfonamides is 1. The molecule has 3 rings (SSSR count). The van der Waals surface area contributed by atoms with Gasteiger partial charge >= 0.3 is 6.18 Å². The Hall–Kier alpha value is -2.98. The number of aliphatic hydroxyl groups excluding tert-OH is 1. The van der Waals surface area contributed by atoms with Gasteiger partial charge in [0.1, 0.15) is 17.5 Å². The molecule has 0 aliphatic heterocycles. The minimum atomic E-state index is -4.78. The van der Waals surface area contributed by atoms with Crippen LogP contribution in [0, 0.1) is 17.5 Å². The van der Waals surface area contributed by atoms with Crippen LogP contribution in [0.15, 0.2) is 64.0 Å². The molecule has 0 saturated carbocycles. The molecule has 1 amide bonds. The van der Waals surface area contributed by atoms with E-state index in [1.807, 2.05) is 13.8 Å². The third kappa shape index (κ3) is 10.5. The van der Waals surface area contributed by atoms with E-state index in [0.717, 1.165) is 24.3 Å². The predicted molar refractivity (Wildman–Crippen MR) is 164 cm³/mol. The van der Waals surface area contributed by atoms with Crippen LogP contribution in [0.5, 0.6) is 0 Å². The maximum Gasteiger partial charge on any atom is 0.416 e. The van der Waals surface area contributed by atoms with Gasteiger partial charge in [-0.05, 0) is 78.9 Å². The molecule has 0 radical (unpaired) electrons. The fourth-order valence-corrected chi connectivity index (χ4v) is 7.12. The predicted octanol–water partition coefficient (Wildman–Crippen LogP) is 6.19. The van der Waals surface area contributed by atoms with Gasteiger partial charge in [0.25, 0.3) is 5.91 Å². The van der Waals surface area contributed by atoms with Crippen molar-refractivity contribution in [3.8, 4) is 0 Å². The van der Waals surface area contributed by atoms with E-state index >= 15 is 0 Å². The zero-order valence-corrected chi connectivity index (χ0v) is 27.4. The van der Waals surface area contributed by atoms with Crippen LogP contribution in [0.25, 0.3) is 0 Å². The Balaban J connectivity index is 1.86. The molecule has 0 spiro atoms. The first-order chi connectivity index (χ1) is 21.5. The van der Waals surface area contributed by atoms with Crippen molar-refractivity contribution in [3.05, 3.63) is 98.8 Å². The highest BCUT2D eigenvalue weighted by Gasteiger charge is 2.31. The average Bonchev–Trinajstić information content (AvgIpc) is 2.95. The van der Waals surface area contributed by atoms with E-state index in [1.54, 1.807) is 0 Å². The zero-order chi connectivity index (χ0) is 34.2. The molecule has 3 aromatic rings. The molecule has 0 aliphatic rings. The Kier molecular flexibility index (Phi) is 13.2. The molecule has 3 N–H and O–H groups in total. The molecular weight excluding hydrogens is 704 g/mol. The maximum atomic E-state index is 13.9. The lowest BCUT2D eigenvalue weighted by Gasteiger charge is -2.25. The molecule has 252 valence electrons. The van der Waals surface area contributed by atoms with Crippen molar-refractivity contribution >= 4 is 31.9 Å². The summed E-state index contributed by atoms with van der Waals surface area (Å²) >= 11 is 3.24. The van der Waals surface area contributed by atoms with E-state index in [4.69, 9.17) is 0 Å². The van der Waals surface area contributed by atoms with Crippen LogP contribution in [-0.4, -0.2) is 55.5 Å². The van der Waals surface area contributed by atoms with Crippen molar-refractivity contribution in [2.24, 2.45) is 0 Å². The first kappa shape index (κ1) is 37.5. The summed E-state index contributed by atoms with van der Waals surface area (Å²) in [5, 5.41) is 16.3. The Bertz CT molecular complexity index is 1600. The third-order valence-electron chi connectivity index (χ3n) is 6.84. The second-order valence-corrected chi connectivity index (χ2v) is 13.5. The maximum absolute atomic E-state index is 13.9. The number of benzene rings is 3. The summed E-state index contributed by atoms with van der Waals surface area (Å²) < 4.78 is 109. The molecular formula is C31H34BrF6N3O4S. The summed E-state index contributed by atoms with van der Waals surface area (Å²) in [5.74, 6) is -3.71. The Morgan fingerprint density at radius 3 is 2.07 bits per heavy atom. The molecule has 0 unspecified atom stereocenters. The zero-order valence-electron chi connectivity index (χ0n) is 25.0. The van der Waals surface area contributed by atoms with Crippen molar-refractivity contribution < 1.29 is 44.7 Å². The van der Waals surface area contributed by atoms with E-state index < -0.39 is 57.3 Å². The van der Waals surface area contributed by atoms with E-state index in [0.29, 0.717) is 25.0 Å². The quantitative estimate of drug-likeness (QED) is 0.162. The first-order valence-corrected chi connectivity index (χ1v) is 16.6. The van der Waals surface area contributed by atoms with E-state index in [-0.39, 0.29) is 58.7 Å². The molecule has 15 heteroatoms. The summed E-state index contributed by atoms with van der Waals surface area (Å²) in [4.78, 5) is 13.3. The van der Waals surface area contributed by atoms with Crippen LogP contribution in [0.3, 0.4) is 0 Å². The monoisotopic (exact) mass is 737 g/mol. The van der Waals surface area contributed by atoms with Gasteiger partial charge in [-0.25, -0.2) is 21.6 Å². The Labute approximate surface area is 272 Å². The molecule has 7 nitrogen and oxygen atoms in total. The van der Waals surface area contributed by atoms with Gasteiger partial charge in [-0.15, -0.1) is 0 Å². The van der Waals surface area contributed by atoms with Crippen LogP contribution < -0.4 is 10.6 Å². The number of nitrogens with one attached hydrogen (secondary N) is 2. The van der Waals surface area contributed by atoms with Gasteiger partial charge in [0.15, 0.2) is 0 Å². The second kappa shape index (κ2) is 16.2. The van der Waals surface area contributed by atoms with Crippen molar-refractivity contribution in [2.75, 3.05) is 19.6 Å². The lowest BCUT2D eigenvalue weighted by molar-refractivity contribution is -0.137. The van der Waals surface area contributed by atoms with Crippen LogP contribution in [0.2, 0.25) is 0 Å². The standard InChI is InChI=1S/C31H34BrF6N3O4S/c1-3-5-41(6-4-2)46(44,45)27-13-21(12-23(32)15-27)30(43)40-28(11-19-8-25(34)16-26(35)9-19)29(42)18-39-17-20-7-22(31(36,37)38)14-24(33)10-20/h7-10,12-16,28-29,39,42H,3-6,11,17-18H2,1-2H3,(H,40,43)/t28-,29+/m0/s1. The van der Waals surface area contributed by atoms with Crippen LogP contribution in [0.4, 0.5) is 26.3 Å². The number of rotatable bonds is 15. The minimum Gasteiger partial charge on any atom is -0.390 e. The number of alkyl halides is 3. The topological polar surface area (TPSA) is 98.7 Å². The first-order valence-electron chi connectivity index (χ1n) is 14.4. The smallest absolute Gasteiger partial charge is 0.390 e. The largest absolute Gasteiger partial charge is 0.416 e. The number of carbonyl (C=O) groups excluding carboxylic acids is 1. The van der Waals surface area contributed by atoms with Crippen molar-refractivity contribution in [1.29, 1.82) is 0 Å². The van der Waals surface area contributed by atoms with E-state index in [1.165, 1.54) is 22.5 Å². The molecule has 3 aromatic carbocycles. The van der Waals surface area contributed by atoms with Crippen molar-refractivity contribution in [3.63, 3.8) is 0 Å². The van der Waals surface area contributed by atoms with Crippen LogP contribution in [-0.2, 0) is 29.2 Å². The lowest BCUT2D eigenvalue weighted by Crippen LogP contribution is -2.48. The lowest BCUT2D eigenvalue weighted by atomic mass is 10.00. The minimum absolute atomic E-state index is 0.0598. The number of hydrogen-bond donors (Lipinski definition) is 3. The summed E-state index contributed by atoms with van der Waals surface area (Å²) in [7, 11) is -3.98. The number of halogens is 7. The average molecular weight is 739 g/mol. The van der Waals surface area contributed by atoms with Crippen LogP contribution in [0.1, 0.15) is 53.7 Å². The van der Waals surface area contributed by atoms with Crippen LogP contribution >= 0.6 is 15.9 Å². The molecule has 0 aromatic heterocycles. The second-order valence-electron chi connectivity index (χ2n) is 10.7. The summed E-state index contributed by atoms with van der Waals surface area (Å²) in [5.41, 5.74) is -1.26. The Morgan fingerprint density at radius 2 is 1.48 bits per heavy atom. The highest BCUT2D eigenvalue weighted by atomic mass is 79.9. The van der Waals surface area contributed by atoms with Crippen molar-refractivity contribution in [2.45, 2.75) is 62.9 Å². The normalized spacial score (nSPS) is 13.5. The highest BCUT2D eigenvalue weighted by molar-refractivity contribution is 9.10. The Morgan fingerprint density at radius 1 is 0.891 bits per heavy atom. The number of aliphatic hydroxyl groups is 1. The third-order valence-corrected chi connectivity index (χ3v) is 9.18. The molecule has 2 atom stereocenters. The number of carbonyl (C=O) groups is 1. The van der Waals surface area contributed by atoms with Gasteiger partial charge in [-0.3, -0.25) is 4.79 Å². The van der Waals surface area contributed by atoms with Gasteiger partial charge < -0.3 is 15.7 Å². The molecule has 46 heavy (non-hydrogen) atoms. The van der Waals surface area contributed by atoms with E-state index in [2.05, 4.69) is 26.6 Å². The molecule has 0 bridgehead atoms. The number of nitrogens with zero attached hydrogens (tertiary/aromatic N) is 1. The van der Waals surface area contributed by atoms with Gasteiger partial charge in [0.05, 0.1) is 22.6 Å². The highest BCUT2D eigenvalue weighted by Crippen LogP contribution is 2.30. The van der Waals surface area contributed by atoms with E-state index in [9.17, 15) is 44.7 Å². The number of amides is 1. The molecule has 0 fully saturated rings. The molecule has 0 heterocycles. The molecule has 0 aliphatic carbocycles. The fraction of sp³-hybridized carbons (Fsp3) is 0.387. The number of hydrogen-bond acceptors (Lipinski definition) is 5. The summed E-state index contributed by atoms with van der Waals surface area (Å²) in [6.45, 7) is 3.58. The van der Waals surface area contributed by atoms with Crippen molar-refractivity contribution in [1.82, 2.24) is 14.9 Å². The van der Waals surface area contributed by atoms with Gasteiger partial charge in [0, 0.05) is 42.3 Å². The molecule has 0 saturated heterocycles. The summed E-state index contributed by atoms with van der Waals surface area (Å²) in [6, 6.07) is 7.34. The SMILES string of the molecule is CCCN(CCC)S(=O)(=O)c1cc(Br)cc(C(=O)N[C@@H](Cc2cc(F)cc(F)c2)[C@H](O)CNCc2cc(F)cc(C(F)(F)F)c2)c1.